The van der Waals surface area contributed by atoms with E-state index in [4.69, 9.17) is 17.0 Å². The van der Waals surface area contributed by atoms with Crippen LogP contribution in [0.5, 0.6) is 0 Å². The predicted molar refractivity (Wildman–Crippen MR) is 43.6 cm³/mol. The van der Waals surface area contributed by atoms with Crippen LogP contribution >= 0.6 is 24.0 Å². The van der Waals surface area contributed by atoms with Gasteiger partial charge < -0.3 is 10.1 Å². The van der Waals surface area contributed by atoms with Crippen molar-refractivity contribution in [2.75, 3.05) is 12.9 Å². The van der Waals surface area contributed by atoms with E-state index in [2.05, 4.69) is 5.32 Å². The van der Waals surface area contributed by atoms with E-state index >= 15 is 0 Å². The standard InChI is InChI=1S/C5H9NOS2/c1-7-4-2-3-9-5(8)6-4/h4H,2-3H2,1H3,(H,6,8). The Bertz CT molecular complexity index is 118. The highest BCUT2D eigenvalue weighted by Gasteiger charge is 2.13. The molecule has 2 nitrogen and oxygen atoms in total. The Morgan fingerprint density at radius 1 is 1.89 bits per heavy atom. The molecule has 0 bridgehead atoms. The second-order valence-electron chi connectivity index (χ2n) is 1.79. The number of nitrogens with one attached hydrogen (secondary N) is 1. The summed E-state index contributed by atoms with van der Waals surface area (Å²) in [5.74, 6) is 1.07. The van der Waals surface area contributed by atoms with Gasteiger partial charge in [0.2, 0.25) is 0 Å². The first-order valence-corrected chi connectivity index (χ1v) is 4.18. The van der Waals surface area contributed by atoms with Crippen LogP contribution in [-0.2, 0) is 4.74 Å². The number of rotatable bonds is 1. The molecule has 1 saturated heterocycles. The zero-order valence-electron chi connectivity index (χ0n) is 5.22. The zero-order chi connectivity index (χ0) is 6.69. The van der Waals surface area contributed by atoms with Gasteiger partial charge in [0, 0.05) is 19.3 Å². The Kier molecular flexibility index (Phi) is 2.75. The largest absolute Gasteiger partial charge is 0.362 e. The maximum absolute atomic E-state index is 5.05. The van der Waals surface area contributed by atoms with Crippen molar-refractivity contribution < 1.29 is 4.74 Å². The smallest absolute Gasteiger partial charge is 0.135 e. The highest BCUT2D eigenvalue weighted by molar-refractivity contribution is 8.23. The van der Waals surface area contributed by atoms with E-state index in [1.807, 2.05) is 0 Å². The molecule has 1 unspecified atom stereocenters. The fraction of sp³-hybridized carbons (Fsp3) is 0.800. The molecule has 0 radical (unpaired) electrons. The molecule has 9 heavy (non-hydrogen) atoms. The molecule has 0 amide bonds. The molecule has 52 valence electrons. The summed E-state index contributed by atoms with van der Waals surface area (Å²) in [6.45, 7) is 0. The molecular formula is C5H9NOS2. The molecule has 0 spiro atoms. The van der Waals surface area contributed by atoms with E-state index in [9.17, 15) is 0 Å². The molecule has 1 aliphatic rings. The third kappa shape index (κ3) is 2.12. The number of ether oxygens (including phenoxy) is 1. The van der Waals surface area contributed by atoms with Crippen molar-refractivity contribution in [3.63, 3.8) is 0 Å². The third-order valence-corrected chi connectivity index (χ3v) is 2.47. The maximum atomic E-state index is 5.05. The zero-order valence-corrected chi connectivity index (χ0v) is 6.85. The minimum absolute atomic E-state index is 0.152. The molecule has 0 aromatic heterocycles. The first kappa shape index (κ1) is 7.31. The van der Waals surface area contributed by atoms with Gasteiger partial charge in [-0.2, -0.15) is 0 Å². The third-order valence-electron chi connectivity index (χ3n) is 1.18. The minimum Gasteiger partial charge on any atom is -0.362 e. The topological polar surface area (TPSA) is 21.3 Å². The fourth-order valence-electron chi connectivity index (χ4n) is 0.681. The van der Waals surface area contributed by atoms with Gasteiger partial charge in [-0.05, 0) is 0 Å². The molecule has 4 heteroatoms. The summed E-state index contributed by atoms with van der Waals surface area (Å²) in [5, 5.41) is 3.04. The number of methoxy groups -OCH3 is 1. The summed E-state index contributed by atoms with van der Waals surface area (Å²) in [6.07, 6.45) is 1.19. The van der Waals surface area contributed by atoms with Gasteiger partial charge in [0.05, 0.1) is 0 Å². The Hall–Kier alpha value is 0.200. The summed E-state index contributed by atoms with van der Waals surface area (Å²) in [4.78, 5) is 0. The van der Waals surface area contributed by atoms with Gasteiger partial charge in [0.15, 0.2) is 0 Å². The lowest BCUT2D eigenvalue weighted by atomic mass is 10.4. The molecule has 0 saturated carbocycles. The van der Waals surface area contributed by atoms with Crippen LogP contribution in [0.2, 0.25) is 0 Å². The molecule has 1 N–H and O–H groups in total. The van der Waals surface area contributed by atoms with Gasteiger partial charge in [0.1, 0.15) is 10.5 Å². The number of thioether (sulfide) groups is 1. The van der Waals surface area contributed by atoms with Gasteiger partial charge in [-0.3, -0.25) is 0 Å². The lowest BCUT2D eigenvalue weighted by Gasteiger charge is -2.22. The normalized spacial score (nSPS) is 27.7. The first-order chi connectivity index (χ1) is 4.33. The average Bonchev–Trinajstić information content (AvgIpc) is 1.88. The molecule has 0 aromatic carbocycles. The van der Waals surface area contributed by atoms with Crippen LogP contribution in [0.4, 0.5) is 0 Å². The van der Waals surface area contributed by atoms with Crippen LogP contribution in [-0.4, -0.2) is 23.4 Å². The fourth-order valence-corrected chi connectivity index (χ4v) is 1.79. The molecule has 1 fully saturated rings. The first-order valence-electron chi connectivity index (χ1n) is 2.79. The lowest BCUT2D eigenvalue weighted by Crippen LogP contribution is -2.37. The highest BCUT2D eigenvalue weighted by Crippen LogP contribution is 2.13. The van der Waals surface area contributed by atoms with Crippen molar-refractivity contribution in [3.8, 4) is 0 Å². The monoisotopic (exact) mass is 163 g/mol. The van der Waals surface area contributed by atoms with Crippen molar-refractivity contribution in [1.29, 1.82) is 0 Å². The van der Waals surface area contributed by atoms with E-state index in [-0.39, 0.29) is 6.23 Å². The molecule has 1 rings (SSSR count). The van der Waals surface area contributed by atoms with Gasteiger partial charge >= 0.3 is 0 Å². The maximum Gasteiger partial charge on any atom is 0.135 e. The van der Waals surface area contributed by atoms with E-state index in [0.29, 0.717) is 0 Å². The number of hydrogen-bond acceptors (Lipinski definition) is 3. The molecule has 1 aliphatic heterocycles. The molecule has 1 heterocycles. The Morgan fingerprint density at radius 2 is 2.67 bits per heavy atom. The summed E-state index contributed by atoms with van der Waals surface area (Å²) in [7, 11) is 1.69. The Labute approximate surface area is 64.3 Å². The van der Waals surface area contributed by atoms with Gasteiger partial charge in [-0.15, -0.1) is 0 Å². The van der Waals surface area contributed by atoms with Crippen LogP contribution in [0.15, 0.2) is 0 Å². The van der Waals surface area contributed by atoms with Crippen LogP contribution < -0.4 is 5.32 Å². The van der Waals surface area contributed by atoms with Gasteiger partial charge in [-0.25, -0.2) is 0 Å². The van der Waals surface area contributed by atoms with Crippen molar-refractivity contribution in [1.82, 2.24) is 5.32 Å². The number of hydrogen-bond donors (Lipinski definition) is 1. The highest BCUT2D eigenvalue weighted by atomic mass is 32.2. The van der Waals surface area contributed by atoms with Gasteiger partial charge in [-0.1, -0.05) is 24.0 Å². The lowest BCUT2D eigenvalue weighted by molar-refractivity contribution is 0.0887. The summed E-state index contributed by atoms with van der Waals surface area (Å²) < 4.78 is 5.90. The van der Waals surface area contributed by atoms with E-state index in [1.54, 1.807) is 18.9 Å². The Balaban J connectivity index is 2.32. The van der Waals surface area contributed by atoms with Crippen molar-refractivity contribution in [2.24, 2.45) is 0 Å². The minimum atomic E-state index is 0.152. The second kappa shape index (κ2) is 3.39. The van der Waals surface area contributed by atoms with E-state index < -0.39 is 0 Å². The van der Waals surface area contributed by atoms with E-state index in [0.717, 1.165) is 16.5 Å². The summed E-state index contributed by atoms with van der Waals surface area (Å²) in [5.41, 5.74) is 0. The van der Waals surface area contributed by atoms with Crippen molar-refractivity contribution in [2.45, 2.75) is 12.6 Å². The van der Waals surface area contributed by atoms with Crippen molar-refractivity contribution in [3.05, 3.63) is 0 Å². The average molecular weight is 163 g/mol. The van der Waals surface area contributed by atoms with Crippen molar-refractivity contribution >= 4 is 28.3 Å². The summed E-state index contributed by atoms with van der Waals surface area (Å²) >= 11 is 6.60. The van der Waals surface area contributed by atoms with Crippen LogP contribution in [0.25, 0.3) is 0 Å². The molecule has 1 atom stereocenters. The second-order valence-corrected chi connectivity index (χ2v) is 3.57. The predicted octanol–water partition coefficient (Wildman–Crippen LogP) is 0.970. The molecule has 0 aromatic rings. The van der Waals surface area contributed by atoms with Crippen LogP contribution in [0.3, 0.4) is 0 Å². The van der Waals surface area contributed by atoms with Crippen LogP contribution in [0, 0.1) is 0 Å². The summed E-state index contributed by atoms with van der Waals surface area (Å²) in [6, 6.07) is 0. The van der Waals surface area contributed by atoms with E-state index in [1.165, 1.54) is 0 Å². The van der Waals surface area contributed by atoms with Gasteiger partial charge in [0.25, 0.3) is 0 Å². The SMILES string of the molecule is COC1CCSC(=S)N1. The quantitative estimate of drug-likeness (QED) is 0.581. The molecular weight excluding hydrogens is 154 g/mol. The number of thiocarbonyl (C=S) groups is 1. The molecule has 0 aliphatic carbocycles. The Morgan fingerprint density at radius 3 is 3.11 bits per heavy atom. The van der Waals surface area contributed by atoms with Crippen LogP contribution in [0.1, 0.15) is 6.42 Å².